The third kappa shape index (κ3) is 4.81. The first-order valence-corrected chi connectivity index (χ1v) is 5.86. The van der Waals surface area contributed by atoms with E-state index in [1.807, 2.05) is 11.0 Å². The average molecular weight is 241 g/mol. The van der Waals surface area contributed by atoms with Gasteiger partial charge in [0.15, 0.2) is 0 Å². The first-order valence-electron chi connectivity index (χ1n) is 5.86. The maximum Gasteiger partial charge on any atom is 0.126 e. The Labute approximate surface area is 101 Å². The lowest BCUT2D eigenvalue weighted by Crippen LogP contribution is -2.28. The summed E-state index contributed by atoms with van der Waals surface area (Å²) >= 11 is 0. The van der Waals surface area contributed by atoms with Gasteiger partial charge in [0.2, 0.25) is 0 Å². The van der Waals surface area contributed by atoms with E-state index in [-0.39, 0.29) is 19.0 Å². The Kier molecular flexibility index (Phi) is 6.11. The summed E-state index contributed by atoms with van der Waals surface area (Å²) in [6, 6.07) is 5.17. The fourth-order valence-corrected chi connectivity index (χ4v) is 1.70. The van der Waals surface area contributed by atoms with Crippen LogP contribution in [0.5, 0.6) is 0 Å². The number of halogens is 1. The second-order valence-electron chi connectivity index (χ2n) is 4.16. The molecule has 0 spiro atoms. The molecule has 1 aromatic carbocycles. The van der Waals surface area contributed by atoms with Gasteiger partial charge in [-0.25, -0.2) is 4.39 Å². The predicted molar refractivity (Wildman–Crippen MR) is 65.2 cm³/mol. The van der Waals surface area contributed by atoms with E-state index in [4.69, 9.17) is 10.2 Å². The van der Waals surface area contributed by atoms with Crippen LogP contribution < -0.4 is 0 Å². The molecule has 96 valence electrons. The van der Waals surface area contributed by atoms with Gasteiger partial charge in [0, 0.05) is 26.2 Å². The van der Waals surface area contributed by atoms with Gasteiger partial charge in [0.05, 0.1) is 6.61 Å². The van der Waals surface area contributed by atoms with Crippen LogP contribution >= 0.6 is 0 Å². The largest absolute Gasteiger partial charge is 0.396 e. The molecule has 0 saturated heterocycles. The van der Waals surface area contributed by atoms with Gasteiger partial charge in [-0.1, -0.05) is 12.1 Å². The number of benzene rings is 1. The van der Waals surface area contributed by atoms with E-state index in [0.29, 0.717) is 31.6 Å². The molecule has 4 heteroatoms. The van der Waals surface area contributed by atoms with E-state index < -0.39 is 0 Å². The summed E-state index contributed by atoms with van der Waals surface area (Å²) in [7, 11) is 0. The number of aryl methyl sites for hydroxylation is 1. The molecule has 0 aliphatic carbocycles. The molecule has 17 heavy (non-hydrogen) atoms. The van der Waals surface area contributed by atoms with Crippen LogP contribution in [0.4, 0.5) is 4.39 Å². The van der Waals surface area contributed by atoms with Crippen molar-refractivity contribution in [2.45, 2.75) is 19.9 Å². The molecule has 0 aliphatic heterocycles. The normalized spacial score (nSPS) is 11.1. The number of aliphatic hydroxyl groups is 2. The highest BCUT2D eigenvalue weighted by Crippen LogP contribution is 2.11. The minimum atomic E-state index is -0.200. The molecule has 0 atom stereocenters. The zero-order valence-electron chi connectivity index (χ0n) is 10.2. The molecule has 1 aromatic rings. The van der Waals surface area contributed by atoms with Gasteiger partial charge in [0.25, 0.3) is 0 Å². The number of hydrogen-bond acceptors (Lipinski definition) is 3. The summed E-state index contributed by atoms with van der Waals surface area (Å²) in [4.78, 5) is 2.00. The molecule has 1 rings (SSSR count). The monoisotopic (exact) mass is 241 g/mol. The van der Waals surface area contributed by atoms with Crippen molar-refractivity contribution in [1.29, 1.82) is 0 Å². The molecule has 0 aliphatic rings. The summed E-state index contributed by atoms with van der Waals surface area (Å²) in [5.74, 6) is -0.200. The fraction of sp³-hybridized carbons (Fsp3) is 0.538. The summed E-state index contributed by atoms with van der Waals surface area (Å²) in [5, 5.41) is 17.7. The van der Waals surface area contributed by atoms with Crippen molar-refractivity contribution in [1.82, 2.24) is 4.90 Å². The van der Waals surface area contributed by atoms with Crippen LogP contribution in [0.25, 0.3) is 0 Å². The zero-order chi connectivity index (χ0) is 12.7. The van der Waals surface area contributed by atoms with E-state index in [9.17, 15) is 4.39 Å². The molecule has 0 bridgehead atoms. The zero-order valence-corrected chi connectivity index (χ0v) is 10.2. The molecule has 0 aromatic heterocycles. The van der Waals surface area contributed by atoms with Gasteiger partial charge in [-0.05, 0) is 30.5 Å². The van der Waals surface area contributed by atoms with Crippen LogP contribution in [0, 0.1) is 12.7 Å². The summed E-state index contributed by atoms with van der Waals surface area (Å²) in [6.07, 6.45) is 0.661. The van der Waals surface area contributed by atoms with Crippen molar-refractivity contribution in [3.63, 3.8) is 0 Å². The third-order valence-corrected chi connectivity index (χ3v) is 2.69. The van der Waals surface area contributed by atoms with Crippen molar-refractivity contribution < 1.29 is 14.6 Å². The molecule has 2 N–H and O–H groups in total. The van der Waals surface area contributed by atoms with E-state index in [0.717, 1.165) is 5.56 Å². The molecule has 0 radical (unpaired) electrons. The van der Waals surface area contributed by atoms with E-state index in [1.165, 1.54) is 6.07 Å². The smallest absolute Gasteiger partial charge is 0.126 e. The van der Waals surface area contributed by atoms with Crippen LogP contribution in [0.1, 0.15) is 17.5 Å². The molecule has 0 fully saturated rings. The van der Waals surface area contributed by atoms with E-state index in [2.05, 4.69) is 0 Å². The minimum Gasteiger partial charge on any atom is -0.396 e. The van der Waals surface area contributed by atoms with Crippen molar-refractivity contribution in [3.8, 4) is 0 Å². The first kappa shape index (κ1) is 14.1. The Morgan fingerprint density at radius 3 is 2.53 bits per heavy atom. The highest BCUT2D eigenvalue weighted by atomic mass is 19.1. The Bertz CT molecular complexity index is 344. The number of rotatable bonds is 7. The number of nitrogens with zero attached hydrogens (tertiary/aromatic N) is 1. The van der Waals surface area contributed by atoms with Gasteiger partial charge < -0.3 is 10.2 Å². The molecule has 0 heterocycles. The van der Waals surface area contributed by atoms with Gasteiger partial charge >= 0.3 is 0 Å². The third-order valence-electron chi connectivity index (χ3n) is 2.69. The second kappa shape index (κ2) is 7.37. The molecule has 0 unspecified atom stereocenters. The maximum atomic E-state index is 13.4. The quantitative estimate of drug-likeness (QED) is 0.756. The van der Waals surface area contributed by atoms with Crippen molar-refractivity contribution >= 4 is 0 Å². The van der Waals surface area contributed by atoms with Crippen LogP contribution in [-0.4, -0.2) is 41.4 Å². The topological polar surface area (TPSA) is 43.7 Å². The number of hydrogen-bond donors (Lipinski definition) is 2. The number of aliphatic hydroxyl groups excluding tert-OH is 2. The molecular weight excluding hydrogens is 221 g/mol. The average Bonchev–Trinajstić information content (AvgIpc) is 2.31. The molecule has 3 nitrogen and oxygen atoms in total. The Morgan fingerprint density at radius 2 is 1.94 bits per heavy atom. The molecular formula is C13H20FNO2. The standard InChI is InChI=1S/C13H20FNO2/c1-11-3-4-12(9-13(11)14)10-15(6-8-17)5-2-7-16/h3-4,9,16-17H,2,5-8,10H2,1H3. The van der Waals surface area contributed by atoms with Crippen LogP contribution in [0.15, 0.2) is 18.2 Å². The van der Waals surface area contributed by atoms with Crippen LogP contribution in [0.3, 0.4) is 0 Å². The molecule has 0 amide bonds. The minimum absolute atomic E-state index is 0.0692. The Morgan fingerprint density at radius 1 is 1.18 bits per heavy atom. The van der Waals surface area contributed by atoms with Crippen molar-refractivity contribution in [3.05, 3.63) is 35.1 Å². The fourth-order valence-electron chi connectivity index (χ4n) is 1.70. The maximum absolute atomic E-state index is 13.4. The Balaban J connectivity index is 2.61. The SMILES string of the molecule is Cc1ccc(CN(CCO)CCCO)cc1F. The predicted octanol–water partition coefficient (Wildman–Crippen LogP) is 1.31. The second-order valence-corrected chi connectivity index (χ2v) is 4.16. The van der Waals surface area contributed by atoms with Gasteiger partial charge in [0.1, 0.15) is 5.82 Å². The highest BCUT2D eigenvalue weighted by Gasteiger charge is 2.06. The first-order chi connectivity index (χ1) is 8.17. The van der Waals surface area contributed by atoms with Crippen LogP contribution in [0.2, 0.25) is 0 Å². The van der Waals surface area contributed by atoms with E-state index in [1.54, 1.807) is 13.0 Å². The Hall–Kier alpha value is -0.970. The summed E-state index contributed by atoms with van der Waals surface area (Å²) in [5.41, 5.74) is 1.53. The molecule has 0 saturated carbocycles. The van der Waals surface area contributed by atoms with Gasteiger partial charge in [-0.15, -0.1) is 0 Å². The highest BCUT2D eigenvalue weighted by molar-refractivity contribution is 5.23. The van der Waals surface area contributed by atoms with E-state index >= 15 is 0 Å². The summed E-state index contributed by atoms with van der Waals surface area (Å²) < 4.78 is 13.4. The lowest BCUT2D eigenvalue weighted by Gasteiger charge is -2.21. The summed E-state index contributed by atoms with van der Waals surface area (Å²) in [6.45, 7) is 3.76. The van der Waals surface area contributed by atoms with Gasteiger partial charge in [-0.3, -0.25) is 4.90 Å². The van der Waals surface area contributed by atoms with Crippen molar-refractivity contribution in [2.75, 3.05) is 26.3 Å². The lowest BCUT2D eigenvalue weighted by molar-refractivity contribution is 0.174. The van der Waals surface area contributed by atoms with Crippen LogP contribution in [-0.2, 0) is 6.54 Å². The lowest BCUT2D eigenvalue weighted by atomic mass is 10.1. The van der Waals surface area contributed by atoms with Crippen molar-refractivity contribution in [2.24, 2.45) is 0 Å². The van der Waals surface area contributed by atoms with Gasteiger partial charge in [-0.2, -0.15) is 0 Å².